The third-order valence-corrected chi connectivity index (χ3v) is 4.72. The molecule has 24 heavy (non-hydrogen) atoms. The molecule has 1 atom stereocenters. The van der Waals surface area contributed by atoms with Gasteiger partial charge in [0, 0.05) is 24.0 Å². The van der Waals surface area contributed by atoms with Crippen molar-refractivity contribution in [1.82, 2.24) is 0 Å². The number of nitrogens with two attached hydrogens (primary N) is 1. The van der Waals surface area contributed by atoms with Crippen molar-refractivity contribution in [3.8, 4) is 5.75 Å². The standard InChI is InChI=1S/C19H24FNO3/c1-18(2,12-21)19(20)11-14(17(22)24-4)8-9-16(19)13-6-5-7-15(10-13)23-3/h5-10H,11-12,21H2,1-4H3. The van der Waals surface area contributed by atoms with E-state index in [1.165, 1.54) is 7.11 Å². The van der Waals surface area contributed by atoms with Crippen LogP contribution >= 0.6 is 0 Å². The summed E-state index contributed by atoms with van der Waals surface area (Å²) in [5.41, 5.74) is 4.68. The molecule has 130 valence electrons. The first-order valence-electron chi connectivity index (χ1n) is 7.82. The average molecular weight is 333 g/mol. The van der Waals surface area contributed by atoms with Crippen molar-refractivity contribution in [1.29, 1.82) is 0 Å². The van der Waals surface area contributed by atoms with E-state index in [0.29, 0.717) is 22.5 Å². The number of halogens is 1. The largest absolute Gasteiger partial charge is 0.497 e. The van der Waals surface area contributed by atoms with Gasteiger partial charge < -0.3 is 15.2 Å². The predicted molar refractivity (Wildman–Crippen MR) is 92.4 cm³/mol. The van der Waals surface area contributed by atoms with Gasteiger partial charge in [0.1, 0.15) is 11.4 Å². The molecule has 0 saturated carbocycles. The highest BCUT2D eigenvalue weighted by atomic mass is 19.1. The highest BCUT2D eigenvalue weighted by molar-refractivity contribution is 5.92. The molecule has 0 radical (unpaired) electrons. The van der Waals surface area contributed by atoms with Crippen LogP contribution in [-0.2, 0) is 9.53 Å². The Kier molecular flexibility index (Phi) is 5.13. The van der Waals surface area contributed by atoms with E-state index < -0.39 is 17.1 Å². The summed E-state index contributed by atoms with van der Waals surface area (Å²) < 4.78 is 26.2. The van der Waals surface area contributed by atoms with Crippen molar-refractivity contribution < 1.29 is 18.7 Å². The molecule has 1 aromatic carbocycles. The SMILES string of the molecule is COC(=O)C1=CC=C(c2cccc(OC)c2)C(F)(C(C)(C)CN)C1. The van der Waals surface area contributed by atoms with E-state index in [2.05, 4.69) is 0 Å². The summed E-state index contributed by atoms with van der Waals surface area (Å²) in [5.74, 6) is 0.120. The van der Waals surface area contributed by atoms with Crippen molar-refractivity contribution in [2.24, 2.45) is 11.1 Å². The van der Waals surface area contributed by atoms with Gasteiger partial charge in [0.2, 0.25) is 0 Å². The molecule has 1 aromatic rings. The van der Waals surface area contributed by atoms with Gasteiger partial charge in [0.15, 0.2) is 0 Å². The van der Waals surface area contributed by atoms with E-state index in [1.807, 2.05) is 12.1 Å². The Hall–Kier alpha value is -2.14. The molecule has 0 aromatic heterocycles. The van der Waals surface area contributed by atoms with Gasteiger partial charge in [-0.25, -0.2) is 9.18 Å². The van der Waals surface area contributed by atoms with Crippen LogP contribution in [0.4, 0.5) is 4.39 Å². The quantitative estimate of drug-likeness (QED) is 0.840. The maximum absolute atomic E-state index is 16.2. The summed E-state index contributed by atoms with van der Waals surface area (Å²) in [4.78, 5) is 11.9. The lowest BCUT2D eigenvalue weighted by Gasteiger charge is -2.43. The third-order valence-electron chi connectivity index (χ3n) is 4.72. The van der Waals surface area contributed by atoms with Crippen LogP contribution in [0.25, 0.3) is 5.57 Å². The molecule has 0 bridgehead atoms. The number of methoxy groups -OCH3 is 2. The second-order valence-electron chi connectivity index (χ2n) is 6.56. The molecule has 1 aliphatic carbocycles. The van der Waals surface area contributed by atoms with E-state index in [1.54, 1.807) is 45.2 Å². The van der Waals surface area contributed by atoms with Crippen LogP contribution in [0.15, 0.2) is 42.0 Å². The zero-order valence-electron chi connectivity index (χ0n) is 14.6. The Balaban J connectivity index is 2.60. The summed E-state index contributed by atoms with van der Waals surface area (Å²) >= 11 is 0. The van der Waals surface area contributed by atoms with Gasteiger partial charge in [-0.3, -0.25) is 0 Å². The fraction of sp³-hybridized carbons (Fsp3) is 0.421. The average Bonchev–Trinajstić information content (AvgIpc) is 2.60. The third kappa shape index (κ3) is 3.08. The highest BCUT2D eigenvalue weighted by Crippen LogP contribution is 2.50. The van der Waals surface area contributed by atoms with E-state index >= 15 is 4.39 Å². The van der Waals surface area contributed by atoms with Gasteiger partial charge in [0.05, 0.1) is 14.2 Å². The van der Waals surface area contributed by atoms with Crippen molar-refractivity contribution in [3.05, 3.63) is 47.6 Å². The maximum Gasteiger partial charge on any atom is 0.333 e. The van der Waals surface area contributed by atoms with Crippen LogP contribution in [0.5, 0.6) is 5.75 Å². The smallest absolute Gasteiger partial charge is 0.333 e. The number of rotatable bonds is 5. The van der Waals surface area contributed by atoms with E-state index in [9.17, 15) is 4.79 Å². The molecule has 4 nitrogen and oxygen atoms in total. The molecular formula is C19H24FNO3. The monoisotopic (exact) mass is 333 g/mol. The zero-order chi connectivity index (χ0) is 18.0. The second-order valence-corrected chi connectivity index (χ2v) is 6.56. The second kappa shape index (κ2) is 6.77. The molecular weight excluding hydrogens is 309 g/mol. The van der Waals surface area contributed by atoms with Gasteiger partial charge in [-0.1, -0.05) is 38.1 Å². The van der Waals surface area contributed by atoms with Gasteiger partial charge in [-0.2, -0.15) is 0 Å². The molecule has 0 spiro atoms. The Morgan fingerprint density at radius 2 is 2.04 bits per heavy atom. The van der Waals surface area contributed by atoms with Crippen LogP contribution in [0.2, 0.25) is 0 Å². The summed E-state index contributed by atoms with van der Waals surface area (Å²) in [7, 11) is 2.86. The molecule has 1 unspecified atom stereocenters. The molecule has 0 amide bonds. The molecule has 2 N–H and O–H groups in total. The van der Waals surface area contributed by atoms with Crippen molar-refractivity contribution in [3.63, 3.8) is 0 Å². The number of carbonyl (C=O) groups excluding carboxylic acids is 1. The first-order chi connectivity index (χ1) is 11.3. The molecule has 5 heteroatoms. The van der Waals surface area contributed by atoms with Crippen molar-refractivity contribution in [2.75, 3.05) is 20.8 Å². The van der Waals surface area contributed by atoms with Crippen LogP contribution in [0.1, 0.15) is 25.8 Å². The summed E-state index contributed by atoms with van der Waals surface area (Å²) in [6.07, 6.45) is 3.18. The minimum Gasteiger partial charge on any atom is -0.497 e. The Bertz CT molecular complexity index is 694. The lowest BCUT2D eigenvalue weighted by atomic mass is 9.65. The normalized spacial score (nSPS) is 20.9. The molecule has 0 saturated heterocycles. The summed E-state index contributed by atoms with van der Waals surface area (Å²) in [6.45, 7) is 3.67. The summed E-state index contributed by atoms with van der Waals surface area (Å²) in [5, 5.41) is 0. The Morgan fingerprint density at radius 1 is 1.33 bits per heavy atom. The number of allylic oxidation sites excluding steroid dienone is 3. The van der Waals surface area contributed by atoms with Crippen molar-refractivity contribution >= 4 is 11.5 Å². The molecule has 0 heterocycles. The molecule has 0 fully saturated rings. The van der Waals surface area contributed by atoms with E-state index in [4.69, 9.17) is 15.2 Å². The Labute approximate surface area is 142 Å². The Morgan fingerprint density at radius 3 is 2.62 bits per heavy atom. The van der Waals surface area contributed by atoms with Gasteiger partial charge in [0.25, 0.3) is 0 Å². The van der Waals surface area contributed by atoms with E-state index in [-0.39, 0.29) is 13.0 Å². The molecule has 2 rings (SSSR count). The predicted octanol–water partition coefficient (Wildman–Crippen LogP) is 3.27. The minimum absolute atomic E-state index is 0.0765. The number of alkyl halides is 1. The molecule has 1 aliphatic rings. The summed E-state index contributed by atoms with van der Waals surface area (Å²) in [6, 6.07) is 7.22. The number of benzene rings is 1. The number of esters is 1. The van der Waals surface area contributed by atoms with Crippen molar-refractivity contribution in [2.45, 2.75) is 25.9 Å². The lowest BCUT2D eigenvalue weighted by molar-refractivity contribution is -0.136. The van der Waals surface area contributed by atoms with Crippen LogP contribution in [0, 0.1) is 5.41 Å². The first kappa shape index (κ1) is 18.2. The highest BCUT2D eigenvalue weighted by Gasteiger charge is 2.50. The van der Waals surface area contributed by atoms with Gasteiger partial charge in [-0.15, -0.1) is 0 Å². The van der Waals surface area contributed by atoms with E-state index in [0.717, 1.165) is 0 Å². The van der Waals surface area contributed by atoms with Crippen LogP contribution in [-0.4, -0.2) is 32.4 Å². The number of hydrogen-bond acceptors (Lipinski definition) is 4. The first-order valence-corrected chi connectivity index (χ1v) is 7.82. The fourth-order valence-electron chi connectivity index (χ4n) is 2.89. The minimum atomic E-state index is -1.80. The lowest BCUT2D eigenvalue weighted by Crippen LogP contribution is -2.48. The topological polar surface area (TPSA) is 61.5 Å². The van der Waals surface area contributed by atoms with Gasteiger partial charge in [-0.05, 0) is 23.3 Å². The molecule has 0 aliphatic heterocycles. The maximum atomic E-state index is 16.2. The van der Waals surface area contributed by atoms with Crippen LogP contribution < -0.4 is 10.5 Å². The number of carbonyl (C=O) groups is 1. The zero-order valence-corrected chi connectivity index (χ0v) is 14.6. The number of hydrogen-bond donors (Lipinski definition) is 1. The number of ether oxygens (including phenoxy) is 2. The van der Waals surface area contributed by atoms with Gasteiger partial charge >= 0.3 is 5.97 Å². The fourth-order valence-corrected chi connectivity index (χ4v) is 2.89. The van der Waals surface area contributed by atoms with Crippen LogP contribution in [0.3, 0.4) is 0 Å².